The number of aromatic nitrogens is 1. The Hall–Kier alpha value is -2.34. The van der Waals surface area contributed by atoms with Crippen molar-refractivity contribution in [3.05, 3.63) is 34.9 Å². The first-order chi connectivity index (χ1) is 10.0. The van der Waals surface area contributed by atoms with Gasteiger partial charge in [-0.15, -0.1) is 0 Å². The third-order valence-electron chi connectivity index (χ3n) is 2.58. The monoisotopic (exact) mass is 308 g/mol. The lowest BCUT2D eigenvalue weighted by Crippen LogP contribution is -2.12. The van der Waals surface area contributed by atoms with Gasteiger partial charge in [-0.2, -0.15) is 0 Å². The van der Waals surface area contributed by atoms with Gasteiger partial charge in [0.25, 0.3) is 0 Å². The number of benzene rings is 1. The molecule has 0 spiro atoms. The number of carbonyl (C=O) groups is 2. The van der Waals surface area contributed by atoms with Gasteiger partial charge >= 0.3 is 5.97 Å². The molecule has 0 radical (unpaired) electrons. The van der Waals surface area contributed by atoms with Crippen LogP contribution in [0.25, 0.3) is 11.3 Å². The Balaban J connectivity index is 2.49. The molecule has 0 atom stereocenters. The van der Waals surface area contributed by atoms with Gasteiger partial charge in [-0.1, -0.05) is 28.9 Å². The third-order valence-corrected chi connectivity index (χ3v) is 2.83. The summed E-state index contributed by atoms with van der Waals surface area (Å²) < 4.78 is 10.0. The van der Waals surface area contributed by atoms with E-state index < -0.39 is 5.97 Å². The summed E-state index contributed by atoms with van der Waals surface area (Å²) in [7, 11) is 0. The zero-order chi connectivity index (χ0) is 15.4. The molecule has 0 unspecified atom stereocenters. The van der Waals surface area contributed by atoms with Crippen molar-refractivity contribution in [2.75, 3.05) is 11.9 Å². The van der Waals surface area contributed by atoms with Crippen LogP contribution in [0, 0.1) is 0 Å². The Labute approximate surface area is 126 Å². The molecule has 0 fully saturated rings. The normalized spacial score (nSPS) is 10.2. The summed E-state index contributed by atoms with van der Waals surface area (Å²) in [4.78, 5) is 23.2. The largest absolute Gasteiger partial charge is 0.462 e. The molecule has 0 aliphatic rings. The van der Waals surface area contributed by atoms with Crippen molar-refractivity contribution in [2.45, 2.75) is 13.8 Å². The summed E-state index contributed by atoms with van der Waals surface area (Å²) in [6.07, 6.45) is 0. The molecule has 0 saturated heterocycles. The molecule has 0 aliphatic carbocycles. The number of nitrogens with one attached hydrogen (secondary N) is 1. The zero-order valence-corrected chi connectivity index (χ0v) is 12.2. The molecule has 1 aromatic carbocycles. The smallest absolute Gasteiger partial charge is 0.346 e. The maximum absolute atomic E-state index is 12.1. The molecule has 1 aromatic heterocycles. The lowest BCUT2D eigenvalue weighted by atomic mass is 10.1. The number of anilines is 1. The van der Waals surface area contributed by atoms with Crippen LogP contribution in [-0.2, 0) is 9.53 Å². The minimum atomic E-state index is -0.618. The van der Waals surface area contributed by atoms with E-state index in [1.54, 1.807) is 31.2 Å². The maximum atomic E-state index is 12.1. The van der Waals surface area contributed by atoms with Gasteiger partial charge in [-0.05, 0) is 19.1 Å². The fourth-order valence-electron chi connectivity index (χ4n) is 1.73. The summed E-state index contributed by atoms with van der Waals surface area (Å²) in [6.45, 7) is 3.19. The van der Waals surface area contributed by atoms with E-state index >= 15 is 0 Å². The van der Waals surface area contributed by atoms with Crippen LogP contribution in [0.15, 0.2) is 28.8 Å². The van der Waals surface area contributed by atoms with Crippen molar-refractivity contribution in [3.63, 3.8) is 0 Å². The Kier molecular flexibility index (Phi) is 4.59. The summed E-state index contributed by atoms with van der Waals surface area (Å²) in [6, 6.07) is 6.72. The molecule has 2 aromatic rings. The average Bonchev–Trinajstić information content (AvgIpc) is 2.82. The number of carbonyl (C=O) groups excluding carboxylic acids is 2. The van der Waals surface area contributed by atoms with E-state index in [1.165, 1.54) is 6.92 Å². The van der Waals surface area contributed by atoms with Crippen molar-refractivity contribution in [1.82, 2.24) is 5.16 Å². The minimum Gasteiger partial charge on any atom is -0.462 e. The third kappa shape index (κ3) is 3.41. The quantitative estimate of drug-likeness (QED) is 0.878. The number of hydrogen-bond donors (Lipinski definition) is 1. The number of amides is 1. The topological polar surface area (TPSA) is 81.4 Å². The van der Waals surface area contributed by atoms with E-state index in [1.807, 2.05) is 0 Å². The van der Waals surface area contributed by atoms with Crippen molar-refractivity contribution >= 4 is 29.4 Å². The highest BCUT2D eigenvalue weighted by atomic mass is 35.5. The lowest BCUT2D eigenvalue weighted by molar-refractivity contribution is -0.114. The van der Waals surface area contributed by atoms with Crippen molar-refractivity contribution in [1.29, 1.82) is 0 Å². The van der Waals surface area contributed by atoms with Crippen LogP contribution in [0.3, 0.4) is 0 Å². The van der Waals surface area contributed by atoms with Crippen molar-refractivity contribution in [3.8, 4) is 11.3 Å². The summed E-state index contributed by atoms with van der Waals surface area (Å²) >= 11 is 5.83. The van der Waals surface area contributed by atoms with Crippen LogP contribution >= 0.6 is 11.6 Å². The predicted octanol–water partition coefficient (Wildman–Crippen LogP) is 3.13. The molecule has 1 heterocycles. The lowest BCUT2D eigenvalue weighted by Gasteiger charge is -2.04. The number of esters is 1. The standard InChI is InChI=1S/C14H13ClN2O4/c1-3-20-14(19)11-12(9-4-6-10(15)7-5-9)17-21-13(11)16-8(2)18/h4-7H,3H2,1-2H3,(H,16,18). The SMILES string of the molecule is CCOC(=O)c1c(-c2ccc(Cl)cc2)noc1NC(C)=O. The van der Waals surface area contributed by atoms with Crippen LogP contribution in [0.5, 0.6) is 0 Å². The number of nitrogens with zero attached hydrogens (tertiary/aromatic N) is 1. The molecule has 7 heteroatoms. The van der Waals surface area contributed by atoms with Gasteiger partial charge in [-0.3, -0.25) is 10.1 Å². The molecule has 0 bridgehead atoms. The van der Waals surface area contributed by atoms with Gasteiger partial charge in [0.1, 0.15) is 5.69 Å². The Morgan fingerprint density at radius 1 is 1.33 bits per heavy atom. The van der Waals surface area contributed by atoms with Crippen LogP contribution in [-0.4, -0.2) is 23.6 Å². The Morgan fingerprint density at radius 3 is 2.57 bits per heavy atom. The predicted molar refractivity (Wildman–Crippen MR) is 77.2 cm³/mol. The van der Waals surface area contributed by atoms with E-state index in [0.717, 1.165) is 0 Å². The summed E-state index contributed by atoms with van der Waals surface area (Å²) in [5, 5.41) is 6.82. The Bertz CT molecular complexity index is 664. The average molecular weight is 309 g/mol. The molecule has 0 aliphatic heterocycles. The van der Waals surface area contributed by atoms with E-state index in [9.17, 15) is 9.59 Å². The summed E-state index contributed by atoms with van der Waals surface area (Å²) in [5.41, 5.74) is 0.992. The van der Waals surface area contributed by atoms with Gasteiger partial charge in [0.15, 0.2) is 5.56 Å². The highest BCUT2D eigenvalue weighted by Crippen LogP contribution is 2.30. The first kappa shape index (κ1) is 15.1. The van der Waals surface area contributed by atoms with Crippen LogP contribution in [0.4, 0.5) is 5.88 Å². The maximum Gasteiger partial charge on any atom is 0.346 e. The number of hydrogen-bond acceptors (Lipinski definition) is 5. The van der Waals surface area contributed by atoms with Gasteiger partial charge in [0.05, 0.1) is 6.61 Å². The number of rotatable bonds is 4. The molecule has 6 nitrogen and oxygen atoms in total. The van der Waals surface area contributed by atoms with Crippen LogP contribution < -0.4 is 5.32 Å². The number of halogens is 1. The minimum absolute atomic E-state index is 0.0362. The molecular formula is C14H13ClN2O4. The molecular weight excluding hydrogens is 296 g/mol. The molecule has 21 heavy (non-hydrogen) atoms. The van der Waals surface area contributed by atoms with E-state index in [0.29, 0.717) is 10.6 Å². The van der Waals surface area contributed by atoms with E-state index in [4.69, 9.17) is 20.9 Å². The van der Waals surface area contributed by atoms with Crippen molar-refractivity contribution < 1.29 is 18.8 Å². The fourth-order valence-corrected chi connectivity index (χ4v) is 1.86. The van der Waals surface area contributed by atoms with Gasteiger partial charge < -0.3 is 9.26 Å². The van der Waals surface area contributed by atoms with Gasteiger partial charge in [0, 0.05) is 17.5 Å². The first-order valence-corrected chi connectivity index (χ1v) is 6.61. The second-order valence-corrected chi connectivity index (χ2v) is 4.58. The molecule has 1 amide bonds. The van der Waals surface area contributed by atoms with Crippen molar-refractivity contribution in [2.24, 2.45) is 0 Å². The van der Waals surface area contributed by atoms with E-state index in [-0.39, 0.29) is 29.7 Å². The molecule has 0 saturated carbocycles. The highest BCUT2D eigenvalue weighted by Gasteiger charge is 2.25. The molecule has 110 valence electrons. The van der Waals surface area contributed by atoms with E-state index in [2.05, 4.69) is 10.5 Å². The second-order valence-electron chi connectivity index (χ2n) is 4.14. The van der Waals surface area contributed by atoms with Gasteiger partial charge in [0.2, 0.25) is 11.8 Å². The Morgan fingerprint density at radius 2 is 2.00 bits per heavy atom. The second kappa shape index (κ2) is 6.41. The first-order valence-electron chi connectivity index (χ1n) is 6.23. The van der Waals surface area contributed by atoms with Crippen LogP contribution in [0.2, 0.25) is 5.02 Å². The van der Waals surface area contributed by atoms with Gasteiger partial charge in [-0.25, -0.2) is 4.79 Å². The molecule has 1 N–H and O–H groups in total. The molecule has 2 rings (SSSR count). The summed E-state index contributed by atoms with van der Waals surface area (Å²) in [5.74, 6) is -1.03. The zero-order valence-electron chi connectivity index (χ0n) is 11.5. The van der Waals surface area contributed by atoms with Crippen LogP contribution in [0.1, 0.15) is 24.2 Å². The fraction of sp³-hybridized carbons (Fsp3) is 0.214. The highest BCUT2D eigenvalue weighted by molar-refractivity contribution is 6.30. The number of ether oxygens (including phenoxy) is 1.